The minimum absolute atomic E-state index is 0.212. The summed E-state index contributed by atoms with van der Waals surface area (Å²) in [4.78, 5) is 26.3. The zero-order chi connectivity index (χ0) is 17.3. The fraction of sp³-hybridized carbons (Fsp3) is 0.167. The Morgan fingerprint density at radius 2 is 1.75 bits per heavy atom. The fourth-order valence-electron chi connectivity index (χ4n) is 2.69. The van der Waals surface area contributed by atoms with Crippen LogP contribution in [0.1, 0.15) is 23.6 Å². The first-order chi connectivity index (χ1) is 11.4. The second kappa shape index (κ2) is 6.10. The van der Waals surface area contributed by atoms with Crippen LogP contribution in [-0.4, -0.2) is 16.8 Å². The maximum absolute atomic E-state index is 12.8. The number of nitrogens with zero attached hydrogens (tertiary/aromatic N) is 2. The van der Waals surface area contributed by atoms with E-state index in [-0.39, 0.29) is 12.5 Å². The van der Waals surface area contributed by atoms with Gasteiger partial charge in [-0.25, -0.2) is 4.79 Å². The first-order valence-electron chi connectivity index (χ1n) is 7.33. The minimum Gasteiger partial charge on any atom is -0.319 e. The number of urea groups is 1. The number of halogens is 1. The lowest BCUT2D eigenvalue weighted by Crippen LogP contribution is -2.40. The molecule has 0 radical (unpaired) electrons. The van der Waals surface area contributed by atoms with Gasteiger partial charge in [0.1, 0.15) is 5.54 Å². The van der Waals surface area contributed by atoms with Gasteiger partial charge >= 0.3 is 6.03 Å². The van der Waals surface area contributed by atoms with Crippen molar-refractivity contribution in [2.45, 2.75) is 19.0 Å². The van der Waals surface area contributed by atoms with E-state index in [0.29, 0.717) is 11.1 Å². The summed E-state index contributed by atoms with van der Waals surface area (Å²) in [5.74, 6) is -0.305. The molecule has 120 valence electrons. The van der Waals surface area contributed by atoms with Crippen LogP contribution in [0, 0.1) is 11.3 Å². The topological polar surface area (TPSA) is 73.2 Å². The zero-order valence-corrected chi connectivity index (χ0v) is 14.5. The van der Waals surface area contributed by atoms with Gasteiger partial charge in [-0.05, 0) is 42.3 Å². The van der Waals surface area contributed by atoms with Crippen LogP contribution in [0.5, 0.6) is 0 Å². The lowest BCUT2D eigenvalue weighted by Gasteiger charge is -2.22. The molecule has 24 heavy (non-hydrogen) atoms. The second-order valence-electron chi connectivity index (χ2n) is 5.76. The smallest absolute Gasteiger partial charge is 0.319 e. The highest BCUT2D eigenvalue weighted by molar-refractivity contribution is 9.10. The predicted octanol–water partition coefficient (Wildman–Crippen LogP) is 3.29. The Bertz CT molecular complexity index is 840. The molecule has 1 aliphatic heterocycles. The van der Waals surface area contributed by atoms with Crippen molar-refractivity contribution >= 4 is 27.9 Å². The molecule has 1 saturated heterocycles. The van der Waals surface area contributed by atoms with Gasteiger partial charge in [0.15, 0.2) is 0 Å². The van der Waals surface area contributed by atoms with E-state index in [1.807, 2.05) is 30.3 Å². The van der Waals surface area contributed by atoms with Crippen molar-refractivity contribution in [3.8, 4) is 6.07 Å². The highest BCUT2D eigenvalue weighted by Gasteiger charge is 2.48. The standard InChI is InChI=1S/C18H14BrN3O2/c1-18(14-6-2-12(10-20)3-7-14)16(23)22(17(24)21-18)11-13-4-8-15(19)9-5-13/h2-9H,11H2,1H3,(H,21,24)/t18-/m0/s1. The molecule has 0 saturated carbocycles. The molecule has 1 fully saturated rings. The lowest BCUT2D eigenvalue weighted by atomic mass is 9.91. The lowest BCUT2D eigenvalue weighted by molar-refractivity contribution is -0.131. The third kappa shape index (κ3) is 2.79. The van der Waals surface area contributed by atoms with E-state index >= 15 is 0 Å². The predicted molar refractivity (Wildman–Crippen MR) is 91.7 cm³/mol. The van der Waals surface area contributed by atoms with Crippen LogP contribution in [-0.2, 0) is 16.9 Å². The number of nitriles is 1. The Labute approximate surface area is 148 Å². The van der Waals surface area contributed by atoms with Crippen molar-refractivity contribution in [3.05, 3.63) is 69.7 Å². The molecule has 2 aromatic carbocycles. The monoisotopic (exact) mass is 383 g/mol. The molecule has 1 heterocycles. The Kier molecular flexibility index (Phi) is 4.12. The van der Waals surface area contributed by atoms with Crippen molar-refractivity contribution < 1.29 is 9.59 Å². The summed E-state index contributed by atoms with van der Waals surface area (Å²) >= 11 is 3.36. The summed E-state index contributed by atoms with van der Waals surface area (Å²) < 4.78 is 0.936. The van der Waals surface area contributed by atoms with Gasteiger partial charge in [0.2, 0.25) is 0 Å². The normalized spacial score (nSPS) is 20.0. The first-order valence-corrected chi connectivity index (χ1v) is 8.12. The van der Waals surface area contributed by atoms with Crippen LogP contribution < -0.4 is 5.32 Å². The van der Waals surface area contributed by atoms with E-state index in [4.69, 9.17) is 5.26 Å². The third-order valence-electron chi connectivity index (χ3n) is 4.12. The van der Waals surface area contributed by atoms with Gasteiger partial charge in [-0.1, -0.05) is 40.2 Å². The average Bonchev–Trinajstić information content (AvgIpc) is 2.81. The van der Waals surface area contributed by atoms with E-state index in [1.165, 1.54) is 4.90 Å². The Balaban J connectivity index is 1.87. The zero-order valence-electron chi connectivity index (χ0n) is 12.9. The summed E-state index contributed by atoms with van der Waals surface area (Å²) in [5.41, 5.74) is 0.898. The van der Waals surface area contributed by atoms with Crippen molar-refractivity contribution in [3.63, 3.8) is 0 Å². The van der Waals surface area contributed by atoms with Crippen LogP contribution in [0.4, 0.5) is 4.79 Å². The molecular formula is C18H14BrN3O2. The molecule has 0 aromatic heterocycles. The summed E-state index contributed by atoms with van der Waals surface area (Å²) in [7, 11) is 0. The summed E-state index contributed by atoms with van der Waals surface area (Å²) in [6, 6.07) is 15.7. The Morgan fingerprint density at radius 3 is 2.33 bits per heavy atom. The van der Waals surface area contributed by atoms with Crippen LogP contribution in [0.2, 0.25) is 0 Å². The van der Waals surface area contributed by atoms with E-state index < -0.39 is 11.6 Å². The van der Waals surface area contributed by atoms with Crippen molar-refractivity contribution in [1.29, 1.82) is 5.26 Å². The number of benzene rings is 2. The van der Waals surface area contributed by atoms with Crippen molar-refractivity contribution in [2.75, 3.05) is 0 Å². The van der Waals surface area contributed by atoms with E-state index in [1.54, 1.807) is 31.2 Å². The molecular weight excluding hydrogens is 370 g/mol. The summed E-state index contributed by atoms with van der Waals surface area (Å²) in [6.45, 7) is 1.89. The van der Waals surface area contributed by atoms with Crippen molar-refractivity contribution in [2.24, 2.45) is 0 Å². The Morgan fingerprint density at radius 1 is 1.12 bits per heavy atom. The summed E-state index contributed by atoms with van der Waals surface area (Å²) in [5, 5.41) is 11.6. The number of hydrogen-bond donors (Lipinski definition) is 1. The van der Waals surface area contributed by atoms with Crippen molar-refractivity contribution in [1.82, 2.24) is 10.2 Å². The maximum Gasteiger partial charge on any atom is 0.325 e. The molecule has 1 atom stereocenters. The number of carbonyl (C=O) groups is 2. The molecule has 1 N–H and O–H groups in total. The molecule has 0 bridgehead atoms. The van der Waals surface area contributed by atoms with Gasteiger partial charge in [0, 0.05) is 4.47 Å². The first kappa shape index (κ1) is 16.2. The SMILES string of the molecule is C[C@@]1(c2ccc(C#N)cc2)NC(=O)N(Cc2ccc(Br)cc2)C1=O. The molecule has 3 amide bonds. The largest absolute Gasteiger partial charge is 0.325 e. The number of carbonyl (C=O) groups excluding carboxylic acids is 2. The van der Waals surface area contributed by atoms with Crippen LogP contribution in [0.15, 0.2) is 53.0 Å². The van der Waals surface area contributed by atoms with Gasteiger partial charge in [-0.3, -0.25) is 9.69 Å². The van der Waals surface area contributed by atoms with Gasteiger partial charge in [-0.2, -0.15) is 5.26 Å². The van der Waals surface area contributed by atoms with E-state index in [0.717, 1.165) is 10.0 Å². The molecule has 0 unspecified atom stereocenters. The number of hydrogen-bond acceptors (Lipinski definition) is 3. The Hall–Kier alpha value is -2.65. The van der Waals surface area contributed by atoms with E-state index in [2.05, 4.69) is 21.2 Å². The summed E-state index contributed by atoms with van der Waals surface area (Å²) in [6.07, 6.45) is 0. The molecule has 0 aliphatic carbocycles. The number of amides is 3. The van der Waals surface area contributed by atoms with Gasteiger partial charge < -0.3 is 5.32 Å². The highest BCUT2D eigenvalue weighted by Crippen LogP contribution is 2.30. The van der Waals surface area contributed by atoms with Gasteiger partial charge in [0.25, 0.3) is 5.91 Å². The highest BCUT2D eigenvalue weighted by atomic mass is 79.9. The van der Waals surface area contributed by atoms with Gasteiger partial charge in [0.05, 0.1) is 18.2 Å². The second-order valence-corrected chi connectivity index (χ2v) is 6.68. The minimum atomic E-state index is -1.12. The molecule has 3 rings (SSSR count). The molecule has 2 aromatic rings. The van der Waals surface area contributed by atoms with Crippen LogP contribution >= 0.6 is 15.9 Å². The van der Waals surface area contributed by atoms with Gasteiger partial charge in [-0.15, -0.1) is 0 Å². The molecule has 1 aliphatic rings. The van der Waals surface area contributed by atoms with E-state index in [9.17, 15) is 9.59 Å². The fourth-order valence-corrected chi connectivity index (χ4v) is 2.95. The number of nitrogens with one attached hydrogen (secondary N) is 1. The third-order valence-corrected chi connectivity index (χ3v) is 4.65. The maximum atomic E-state index is 12.8. The number of rotatable bonds is 3. The molecule has 0 spiro atoms. The quantitative estimate of drug-likeness (QED) is 0.826. The molecule has 6 heteroatoms. The van der Waals surface area contributed by atoms with Crippen LogP contribution in [0.25, 0.3) is 0 Å². The number of imide groups is 1. The van der Waals surface area contributed by atoms with Crippen LogP contribution in [0.3, 0.4) is 0 Å². The molecule has 5 nitrogen and oxygen atoms in total. The average molecular weight is 384 g/mol.